The van der Waals surface area contributed by atoms with E-state index in [-0.39, 0.29) is 23.8 Å². The number of nitrogens with zero attached hydrogens (tertiary/aromatic N) is 2. The van der Waals surface area contributed by atoms with E-state index in [0.29, 0.717) is 0 Å². The molecule has 0 saturated carbocycles. The maximum absolute atomic E-state index is 12.1. The average molecular weight is 390 g/mol. The van der Waals surface area contributed by atoms with Gasteiger partial charge < -0.3 is 24.8 Å². The fraction of sp³-hybridized carbons (Fsp3) is 0.353. The maximum atomic E-state index is 12.1. The Kier molecular flexibility index (Phi) is 4.73. The van der Waals surface area contributed by atoms with Crippen molar-refractivity contribution in [3.8, 4) is 6.01 Å². The first kappa shape index (κ1) is 18.4. The number of hydrogen-bond acceptors (Lipinski definition) is 8. The van der Waals surface area contributed by atoms with E-state index in [1.807, 2.05) is 30.3 Å². The van der Waals surface area contributed by atoms with Crippen molar-refractivity contribution in [3.05, 3.63) is 56.7 Å². The van der Waals surface area contributed by atoms with Gasteiger partial charge in [-0.3, -0.25) is 14.8 Å². The van der Waals surface area contributed by atoms with Crippen LogP contribution in [-0.4, -0.2) is 59.8 Å². The molecule has 3 heterocycles. The second-order valence-electron chi connectivity index (χ2n) is 6.37. The van der Waals surface area contributed by atoms with Crippen LogP contribution >= 0.6 is 0 Å². The van der Waals surface area contributed by atoms with Gasteiger partial charge in [0, 0.05) is 0 Å². The second kappa shape index (κ2) is 7.20. The number of ether oxygens (including phenoxy) is 2. The summed E-state index contributed by atoms with van der Waals surface area (Å²) >= 11 is 0. The van der Waals surface area contributed by atoms with E-state index >= 15 is 0 Å². The zero-order valence-corrected chi connectivity index (χ0v) is 14.5. The molecule has 11 heteroatoms. The Morgan fingerprint density at radius 1 is 1.14 bits per heavy atom. The van der Waals surface area contributed by atoms with Crippen molar-refractivity contribution in [2.75, 3.05) is 6.61 Å². The molecule has 1 aliphatic heterocycles. The van der Waals surface area contributed by atoms with Gasteiger partial charge in [-0.1, -0.05) is 30.3 Å². The molecule has 2 aromatic heterocycles. The molecule has 0 radical (unpaired) electrons. The lowest BCUT2D eigenvalue weighted by atomic mass is 10.1. The average Bonchev–Trinajstić information content (AvgIpc) is 3.18. The number of fused-ring (bicyclic) bond motifs is 1. The molecule has 1 saturated heterocycles. The van der Waals surface area contributed by atoms with Crippen LogP contribution < -0.4 is 16.0 Å². The molecule has 1 aliphatic rings. The Bertz CT molecular complexity index is 1090. The highest BCUT2D eigenvalue weighted by molar-refractivity contribution is 5.71. The summed E-state index contributed by atoms with van der Waals surface area (Å²) in [7, 11) is 0. The third kappa shape index (κ3) is 3.10. The third-order valence-corrected chi connectivity index (χ3v) is 4.54. The predicted molar refractivity (Wildman–Crippen MR) is 94.8 cm³/mol. The molecule has 1 fully saturated rings. The minimum Gasteiger partial charge on any atom is -0.460 e. The van der Waals surface area contributed by atoms with Crippen molar-refractivity contribution in [2.24, 2.45) is 0 Å². The number of imidazole rings is 1. The van der Waals surface area contributed by atoms with Crippen LogP contribution in [0, 0.1) is 0 Å². The SMILES string of the molecule is O=c1[nH]c(=O)c2nc(OCc3ccccc3)n([C@@H]3O[C@H](CO)[C@@H](O)[C@H]3O)c2[nH]1. The first-order chi connectivity index (χ1) is 13.5. The molecule has 0 spiro atoms. The molecule has 4 rings (SSSR count). The first-order valence-electron chi connectivity index (χ1n) is 8.53. The zero-order valence-electron chi connectivity index (χ0n) is 14.5. The highest BCUT2D eigenvalue weighted by Crippen LogP contribution is 2.34. The summed E-state index contributed by atoms with van der Waals surface area (Å²) in [6.07, 6.45) is -5.10. The molecule has 0 amide bonds. The van der Waals surface area contributed by atoms with Gasteiger partial charge >= 0.3 is 11.7 Å². The summed E-state index contributed by atoms with van der Waals surface area (Å²) in [4.78, 5) is 32.5. The monoisotopic (exact) mass is 390 g/mol. The molecule has 3 aromatic rings. The van der Waals surface area contributed by atoms with Crippen LogP contribution in [0.3, 0.4) is 0 Å². The van der Waals surface area contributed by atoms with Crippen molar-refractivity contribution in [1.82, 2.24) is 19.5 Å². The number of aliphatic hydroxyl groups excluding tert-OH is 3. The van der Waals surface area contributed by atoms with Crippen LogP contribution in [0.4, 0.5) is 0 Å². The quantitative estimate of drug-likeness (QED) is 0.355. The summed E-state index contributed by atoms with van der Waals surface area (Å²) in [6.45, 7) is -0.431. The van der Waals surface area contributed by atoms with E-state index in [9.17, 15) is 24.9 Å². The zero-order chi connectivity index (χ0) is 19.8. The van der Waals surface area contributed by atoms with Crippen molar-refractivity contribution in [3.63, 3.8) is 0 Å². The van der Waals surface area contributed by atoms with Crippen molar-refractivity contribution in [2.45, 2.75) is 31.1 Å². The standard InChI is InChI=1S/C17H18N4O7/c22-6-9-11(23)12(24)15(28-9)21-13-10(14(25)20-16(26)19-13)18-17(21)27-7-8-4-2-1-3-5-8/h1-5,9,11-12,15,22-24H,6-7H2,(H2,19,20,25,26)/t9-,11-,12-,15-/m1/s1. The van der Waals surface area contributed by atoms with Gasteiger partial charge in [0.05, 0.1) is 6.61 Å². The topological polar surface area (TPSA) is 163 Å². The van der Waals surface area contributed by atoms with E-state index in [2.05, 4.69) is 15.0 Å². The van der Waals surface area contributed by atoms with E-state index in [0.717, 1.165) is 5.56 Å². The summed E-state index contributed by atoms with van der Waals surface area (Å²) in [5.74, 6) is 0. The van der Waals surface area contributed by atoms with Crippen LogP contribution in [0.5, 0.6) is 6.01 Å². The Balaban J connectivity index is 1.80. The molecule has 11 nitrogen and oxygen atoms in total. The van der Waals surface area contributed by atoms with Gasteiger partial charge in [0.25, 0.3) is 5.56 Å². The largest absolute Gasteiger partial charge is 0.460 e. The third-order valence-electron chi connectivity index (χ3n) is 4.54. The summed E-state index contributed by atoms with van der Waals surface area (Å²) in [6, 6.07) is 9.07. The van der Waals surface area contributed by atoms with E-state index < -0.39 is 42.4 Å². The van der Waals surface area contributed by atoms with Crippen LogP contribution in [0.2, 0.25) is 0 Å². The summed E-state index contributed by atoms with van der Waals surface area (Å²) < 4.78 is 12.4. The van der Waals surface area contributed by atoms with Gasteiger partial charge in [-0.25, -0.2) is 9.36 Å². The van der Waals surface area contributed by atoms with Gasteiger partial charge in [-0.2, -0.15) is 4.98 Å². The number of aromatic nitrogens is 4. The minimum absolute atomic E-state index is 0.0355. The van der Waals surface area contributed by atoms with Gasteiger partial charge in [0.2, 0.25) is 0 Å². The van der Waals surface area contributed by atoms with Crippen LogP contribution in [0.1, 0.15) is 11.8 Å². The Morgan fingerprint density at radius 3 is 2.57 bits per heavy atom. The molecule has 1 aromatic carbocycles. The van der Waals surface area contributed by atoms with Gasteiger partial charge in [0.1, 0.15) is 24.9 Å². The lowest BCUT2D eigenvalue weighted by Gasteiger charge is -2.19. The van der Waals surface area contributed by atoms with Gasteiger partial charge in [0.15, 0.2) is 17.4 Å². The van der Waals surface area contributed by atoms with Gasteiger partial charge in [-0.15, -0.1) is 0 Å². The summed E-state index contributed by atoms with van der Waals surface area (Å²) in [5.41, 5.74) is -0.856. The molecule has 5 N–H and O–H groups in total. The van der Waals surface area contributed by atoms with Crippen molar-refractivity contribution in [1.29, 1.82) is 0 Å². The highest BCUT2D eigenvalue weighted by Gasteiger charge is 2.45. The molecule has 0 unspecified atom stereocenters. The number of aromatic amines is 2. The molecule has 4 atom stereocenters. The lowest BCUT2D eigenvalue weighted by molar-refractivity contribution is -0.0545. The first-order valence-corrected chi connectivity index (χ1v) is 8.53. The summed E-state index contributed by atoms with van der Waals surface area (Å²) in [5, 5.41) is 29.8. The maximum Gasteiger partial charge on any atom is 0.327 e. The molecule has 0 bridgehead atoms. The number of aliphatic hydroxyl groups is 3. The number of H-pyrrole nitrogens is 2. The van der Waals surface area contributed by atoms with E-state index in [1.165, 1.54) is 4.57 Å². The van der Waals surface area contributed by atoms with Crippen molar-refractivity contribution >= 4 is 11.2 Å². The number of benzene rings is 1. The Morgan fingerprint density at radius 2 is 1.89 bits per heavy atom. The van der Waals surface area contributed by atoms with E-state index in [4.69, 9.17) is 9.47 Å². The number of nitrogens with one attached hydrogen (secondary N) is 2. The minimum atomic E-state index is -1.45. The number of rotatable bonds is 5. The normalized spacial score (nSPS) is 24.7. The van der Waals surface area contributed by atoms with Gasteiger partial charge in [-0.05, 0) is 5.56 Å². The van der Waals surface area contributed by atoms with Crippen LogP contribution in [0.15, 0.2) is 39.9 Å². The molecule has 28 heavy (non-hydrogen) atoms. The highest BCUT2D eigenvalue weighted by atomic mass is 16.6. The number of hydrogen-bond donors (Lipinski definition) is 5. The molecule has 148 valence electrons. The Labute approximate surface area is 156 Å². The van der Waals surface area contributed by atoms with E-state index in [1.54, 1.807) is 0 Å². The molecular formula is C17H18N4O7. The fourth-order valence-corrected chi connectivity index (χ4v) is 3.14. The molecule has 0 aliphatic carbocycles. The predicted octanol–water partition coefficient (Wildman–Crippen LogP) is -1.40. The lowest BCUT2D eigenvalue weighted by Crippen LogP contribution is -2.33. The van der Waals surface area contributed by atoms with Crippen LogP contribution in [0.25, 0.3) is 11.2 Å². The van der Waals surface area contributed by atoms with Crippen LogP contribution in [-0.2, 0) is 11.3 Å². The second-order valence-corrected chi connectivity index (χ2v) is 6.37. The molecular weight excluding hydrogens is 372 g/mol. The fourth-order valence-electron chi connectivity index (χ4n) is 3.14. The van der Waals surface area contributed by atoms with Crippen molar-refractivity contribution < 1.29 is 24.8 Å². The Hall–Kier alpha value is -2.99. The smallest absolute Gasteiger partial charge is 0.327 e.